The normalized spacial score (nSPS) is 34.8. The van der Waals surface area contributed by atoms with E-state index < -0.39 is 28.2 Å². The fourth-order valence-electron chi connectivity index (χ4n) is 1.23. The third kappa shape index (κ3) is 1.20. The van der Waals surface area contributed by atoms with E-state index in [2.05, 4.69) is 0 Å². The quantitative estimate of drug-likeness (QED) is 0.679. The first-order valence-electron chi connectivity index (χ1n) is 3.30. The molecule has 0 aromatic rings. The summed E-state index contributed by atoms with van der Waals surface area (Å²) < 4.78 is 35.9. The molecule has 0 bridgehead atoms. The van der Waals surface area contributed by atoms with E-state index in [0.29, 0.717) is 0 Å². The summed E-state index contributed by atoms with van der Waals surface area (Å²) in [6.07, 6.45) is 0. The molecule has 0 spiro atoms. The summed E-state index contributed by atoms with van der Waals surface area (Å²) >= 11 is 0. The van der Waals surface area contributed by atoms with E-state index in [1.165, 1.54) is 13.8 Å². The van der Waals surface area contributed by atoms with Gasteiger partial charge in [0.2, 0.25) is 0 Å². The number of halogens is 2. The zero-order chi connectivity index (χ0) is 8.86. The summed E-state index contributed by atoms with van der Waals surface area (Å²) in [5, 5.41) is 4.91. The fraction of sp³-hybridized carbons (Fsp3) is 1.00. The van der Waals surface area contributed by atoms with Gasteiger partial charge >= 0.3 is 0 Å². The van der Waals surface area contributed by atoms with Crippen molar-refractivity contribution in [1.29, 1.82) is 0 Å². The minimum atomic E-state index is -2.68. The Labute approximate surface area is 66.7 Å². The van der Waals surface area contributed by atoms with Gasteiger partial charge in [0.05, 0.1) is 11.0 Å². The van der Waals surface area contributed by atoms with Crippen LogP contribution in [0.3, 0.4) is 0 Å². The van der Waals surface area contributed by atoms with E-state index in [-0.39, 0.29) is 5.75 Å². The lowest BCUT2D eigenvalue weighted by Gasteiger charge is -1.96. The second kappa shape index (κ2) is 2.23. The number of hydrogen-bond donors (Lipinski definition) is 1. The summed E-state index contributed by atoms with van der Waals surface area (Å²) in [7, 11) is -1.61. The molecule has 0 aromatic carbocycles. The smallest absolute Gasteiger partial charge is 0.252 e. The molecule has 0 heterocycles. The maximum atomic E-state index is 12.7. The fourth-order valence-corrected chi connectivity index (χ4v) is 2.19. The molecule has 0 amide bonds. The Morgan fingerprint density at radius 2 is 1.91 bits per heavy atom. The van der Waals surface area contributed by atoms with Crippen LogP contribution in [0.4, 0.5) is 8.78 Å². The van der Waals surface area contributed by atoms with Crippen LogP contribution in [0.15, 0.2) is 0 Å². The Hall–Kier alpha value is -0.0300. The highest BCUT2D eigenvalue weighted by Gasteiger charge is 2.74. The van der Waals surface area contributed by atoms with E-state index in [4.69, 9.17) is 5.14 Å². The molecule has 0 radical (unpaired) electrons. The number of hydrogen-bond acceptors (Lipinski definition) is 1. The molecule has 1 rings (SSSR count). The average Bonchev–Trinajstić information content (AvgIpc) is 2.11. The van der Waals surface area contributed by atoms with E-state index >= 15 is 0 Å². The van der Waals surface area contributed by atoms with E-state index in [1.54, 1.807) is 0 Å². The first kappa shape index (κ1) is 9.06. The molecule has 0 saturated heterocycles. The second-order valence-electron chi connectivity index (χ2n) is 3.44. The molecule has 66 valence electrons. The lowest BCUT2D eigenvalue weighted by Crippen LogP contribution is -2.12. The van der Waals surface area contributed by atoms with Crippen LogP contribution in [-0.4, -0.2) is 15.9 Å². The molecule has 2 unspecified atom stereocenters. The molecule has 1 saturated carbocycles. The molecule has 0 aliphatic heterocycles. The molecule has 1 aliphatic carbocycles. The van der Waals surface area contributed by atoms with Crippen molar-refractivity contribution in [2.75, 3.05) is 5.75 Å². The Morgan fingerprint density at radius 1 is 1.55 bits per heavy atom. The standard InChI is InChI=1S/C6H11F2NOS/c1-5(2)4(3-11(9)10)6(5,7)8/h4H,3,9H2,1-2H3. The number of rotatable bonds is 2. The minimum Gasteiger partial charge on any atom is -0.252 e. The van der Waals surface area contributed by atoms with Crippen LogP contribution in [0, 0.1) is 11.3 Å². The molecular formula is C6H11F2NOS. The SMILES string of the molecule is CC1(C)C(CS(N)=O)C1(F)F. The third-order valence-electron chi connectivity index (χ3n) is 2.42. The van der Waals surface area contributed by atoms with Gasteiger partial charge in [0, 0.05) is 17.1 Å². The molecule has 1 fully saturated rings. The van der Waals surface area contributed by atoms with Gasteiger partial charge in [-0.25, -0.2) is 13.0 Å². The van der Waals surface area contributed by atoms with Crippen molar-refractivity contribution >= 4 is 11.0 Å². The van der Waals surface area contributed by atoms with E-state index in [9.17, 15) is 13.0 Å². The predicted molar refractivity (Wildman–Crippen MR) is 39.4 cm³/mol. The highest BCUT2D eigenvalue weighted by atomic mass is 32.2. The van der Waals surface area contributed by atoms with Gasteiger partial charge in [-0.1, -0.05) is 13.8 Å². The zero-order valence-electron chi connectivity index (χ0n) is 6.43. The van der Waals surface area contributed by atoms with Crippen LogP contribution in [0.1, 0.15) is 13.8 Å². The van der Waals surface area contributed by atoms with Gasteiger partial charge in [-0.2, -0.15) is 0 Å². The average molecular weight is 183 g/mol. The van der Waals surface area contributed by atoms with E-state index in [1.807, 2.05) is 0 Å². The van der Waals surface area contributed by atoms with Gasteiger partial charge in [0.15, 0.2) is 0 Å². The van der Waals surface area contributed by atoms with Crippen LogP contribution in [-0.2, 0) is 11.0 Å². The first-order valence-corrected chi connectivity index (χ1v) is 4.69. The van der Waals surface area contributed by atoms with Crippen LogP contribution in [0.5, 0.6) is 0 Å². The van der Waals surface area contributed by atoms with Gasteiger partial charge < -0.3 is 0 Å². The van der Waals surface area contributed by atoms with Crippen molar-refractivity contribution < 1.29 is 13.0 Å². The summed E-state index contributed by atoms with van der Waals surface area (Å²) in [5.41, 5.74) is -1.01. The highest BCUT2D eigenvalue weighted by molar-refractivity contribution is 7.82. The monoisotopic (exact) mass is 183 g/mol. The van der Waals surface area contributed by atoms with Crippen molar-refractivity contribution in [3.8, 4) is 0 Å². The lowest BCUT2D eigenvalue weighted by atomic mass is 10.1. The second-order valence-corrected chi connectivity index (χ2v) is 4.54. The lowest BCUT2D eigenvalue weighted by molar-refractivity contribution is 0.0686. The summed E-state index contributed by atoms with van der Waals surface area (Å²) in [4.78, 5) is 0. The van der Waals surface area contributed by atoms with Crippen LogP contribution in [0.2, 0.25) is 0 Å². The third-order valence-corrected chi connectivity index (χ3v) is 3.08. The molecule has 1 aliphatic rings. The van der Waals surface area contributed by atoms with E-state index in [0.717, 1.165) is 0 Å². The zero-order valence-corrected chi connectivity index (χ0v) is 7.25. The summed E-state index contributed by atoms with van der Waals surface area (Å²) in [6.45, 7) is 2.93. The first-order chi connectivity index (χ1) is 4.80. The minimum absolute atomic E-state index is 0.0972. The largest absolute Gasteiger partial charge is 0.258 e. The highest BCUT2D eigenvalue weighted by Crippen LogP contribution is 2.65. The molecular weight excluding hydrogens is 172 g/mol. The van der Waals surface area contributed by atoms with Crippen LogP contribution in [0.25, 0.3) is 0 Å². The number of nitrogens with two attached hydrogens (primary N) is 1. The Bertz CT molecular complexity index is 191. The Kier molecular flexibility index (Phi) is 1.84. The molecule has 5 heteroatoms. The Morgan fingerprint density at radius 3 is 2.00 bits per heavy atom. The van der Waals surface area contributed by atoms with Crippen molar-refractivity contribution in [3.05, 3.63) is 0 Å². The Balaban J connectivity index is 2.61. The topological polar surface area (TPSA) is 43.1 Å². The van der Waals surface area contributed by atoms with Crippen molar-refractivity contribution in [2.45, 2.75) is 19.8 Å². The molecule has 2 N–H and O–H groups in total. The maximum Gasteiger partial charge on any atom is 0.258 e. The molecule has 2 atom stereocenters. The van der Waals surface area contributed by atoms with Crippen molar-refractivity contribution in [1.82, 2.24) is 0 Å². The molecule has 2 nitrogen and oxygen atoms in total. The summed E-state index contributed by atoms with van der Waals surface area (Å²) in [6, 6.07) is 0. The molecule has 0 aromatic heterocycles. The van der Waals surface area contributed by atoms with Gasteiger partial charge in [0.25, 0.3) is 5.92 Å². The maximum absolute atomic E-state index is 12.7. The number of alkyl halides is 2. The van der Waals surface area contributed by atoms with Crippen molar-refractivity contribution in [3.63, 3.8) is 0 Å². The van der Waals surface area contributed by atoms with Gasteiger partial charge in [-0.05, 0) is 0 Å². The van der Waals surface area contributed by atoms with Gasteiger partial charge in [-0.15, -0.1) is 0 Å². The van der Waals surface area contributed by atoms with Crippen LogP contribution >= 0.6 is 0 Å². The van der Waals surface area contributed by atoms with Crippen molar-refractivity contribution in [2.24, 2.45) is 16.5 Å². The van der Waals surface area contributed by atoms with Gasteiger partial charge in [-0.3, -0.25) is 5.14 Å². The predicted octanol–water partition coefficient (Wildman–Crippen LogP) is 0.900. The summed E-state index contributed by atoms with van der Waals surface area (Å²) in [5.74, 6) is -3.58. The van der Waals surface area contributed by atoms with Crippen LogP contribution < -0.4 is 5.14 Å². The molecule has 11 heavy (non-hydrogen) atoms. The van der Waals surface area contributed by atoms with Gasteiger partial charge in [0.1, 0.15) is 0 Å².